The van der Waals surface area contributed by atoms with Crippen LogP contribution in [-0.2, 0) is 0 Å². The van der Waals surface area contributed by atoms with Crippen molar-refractivity contribution in [2.24, 2.45) is 0 Å². The van der Waals surface area contributed by atoms with Crippen LogP contribution >= 0.6 is 0 Å². The number of aromatic carboxylic acids is 1. The predicted octanol–water partition coefficient (Wildman–Crippen LogP) is 1.52. The first-order valence-corrected chi connectivity index (χ1v) is 5.30. The number of anilines is 1. The molecule has 0 aliphatic carbocycles. The minimum absolute atomic E-state index is 0.297. The summed E-state index contributed by atoms with van der Waals surface area (Å²) in [6.07, 6.45) is 0. The van der Waals surface area contributed by atoms with Crippen LogP contribution in [0.4, 0.5) is 10.1 Å². The van der Waals surface area contributed by atoms with Gasteiger partial charge in [0.2, 0.25) is 0 Å². The maximum absolute atomic E-state index is 13.4. The summed E-state index contributed by atoms with van der Waals surface area (Å²) >= 11 is 0. The summed E-state index contributed by atoms with van der Waals surface area (Å²) in [5.41, 5.74) is 0.379. The van der Waals surface area contributed by atoms with Gasteiger partial charge in [-0.15, -0.1) is 0 Å². The van der Waals surface area contributed by atoms with Crippen molar-refractivity contribution in [3.8, 4) is 0 Å². The Morgan fingerprint density at radius 2 is 1.94 bits per heavy atom. The van der Waals surface area contributed by atoms with E-state index < -0.39 is 11.8 Å². The smallest absolute Gasteiger partial charge is 0.338 e. The number of nitrogens with zero attached hydrogens (tertiary/aromatic N) is 2. The average Bonchev–Trinajstić information content (AvgIpc) is 2.25. The van der Waals surface area contributed by atoms with E-state index in [1.165, 1.54) is 12.1 Å². The van der Waals surface area contributed by atoms with Crippen molar-refractivity contribution in [2.45, 2.75) is 0 Å². The molecule has 1 aromatic carbocycles. The van der Waals surface area contributed by atoms with Crippen LogP contribution in [0.2, 0.25) is 0 Å². The fraction of sp³-hybridized carbons (Fsp3) is 0.417. The molecule has 17 heavy (non-hydrogen) atoms. The molecule has 0 amide bonds. The van der Waals surface area contributed by atoms with Gasteiger partial charge in [-0.25, -0.2) is 9.18 Å². The number of carboxylic acid groups (broad SMARTS) is 1. The van der Waals surface area contributed by atoms with Gasteiger partial charge in [-0.3, -0.25) is 0 Å². The van der Waals surface area contributed by atoms with Crippen LogP contribution in [0.3, 0.4) is 0 Å². The molecule has 1 aromatic rings. The molecule has 1 rings (SSSR count). The summed E-state index contributed by atoms with van der Waals surface area (Å²) in [4.78, 5) is 14.6. The average molecular weight is 240 g/mol. The molecule has 0 spiro atoms. The molecule has 0 bridgehead atoms. The largest absolute Gasteiger partial charge is 0.478 e. The van der Waals surface area contributed by atoms with Gasteiger partial charge in [-0.1, -0.05) is 0 Å². The van der Waals surface area contributed by atoms with Crippen LogP contribution < -0.4 is 4.90 Å². The first kappa shape index (κ1) is 13.4. The molecule has 1 N–H and O–H groups in total. The molecule has 0 fully saturated rings. The van der Waals surface area contributed by atoms with E-state index in [2.05, 4.69) is 0 Å². The maximum atomic E-state index is 13.4. The molecule has 4 nitrogen and oxygen atoms in total. The van der Waals surface area contributed by atoms with Crippen molar-refractivity contribution in [1.29, 1.82) is 0 Å². The number of benzene rings is 1. The Bertz CT molecular complexity index is 407. The number of carbonyl (C=O) groups is 1. The lowest BCUT2D eigenvalue weighted by Gasteiger charge is -2.21. The summed E-state index contributed by atoms with van der Waals surface area (Å²) in [6, 6.07) is 4.15. The van der Waals surface area contributed by atoms with Gasteiger partial charge in [0, 0.05) is 25.8 Å². The van der Waals surface area contributed by atoms with E-state index in [4.69, 9.17) is 5.11 Å². The monoisotopic (exact) mass is 240 g/mol. The number of halogens is 1. The van der Waals surface area contributed by atoms with Crippen molar-refractivity contribution in [3.05, 3.63) is 29.6 Å². The molecule has 0 unspecified atom stereocenters. The third-order valence-electron chi connectivity index (χ3n) is 2.51. The highest BCUT2D eigenvalue weighted by atomic mass is 19.1. The zero-order valence-electron chi connectivity index (χ0n) is 10.3. The summed E-state index contributed by atoms with van der Waals surface area (Å²) in [5.74, 6) is -1.95. The van der Waals surface area contributed by atoms with Gasteiger partial charge >= 0.3 is 5.97 Å². The van der Waals surface area contributed by atoms with E-state index in [9.17, 15) is 9.18 Å². The molecule has 0 aromatic heterocycles. The highest BCUT2D eigenvalue weighted by Gasteiger charge is 2.11. The number of carboxylic acids is 1. The fourth-order valence-electron chi connectivity index (χ4n) is 1.39. The zero-order chi connectivity index (χ0) is 13.0. The van der Waals surface area contributed by atoms with Crippen molar-refractivity contribution in [2.75, 3.05) is 39.1 Å². The lowest BCUT2D eigenvalue weighted by molar-refractivity contribution is 0.0692. The zero-order valence-corrected chi connectivity index (χ0v) is 10.3. The Kier molecular flexibility index (Phi) is 4.45. The molecular formula is C12H17FN2O2. The van der Waals surface area contributed by atoms with Gasteiger partial charge in [0.05, 0.1) is 5.56 Å². The molecule has 0 saturated carbocycles. The normalized spacial score (nSPS) is 10.6. The highest BCUT2D eigenvalue weighted by molar-refractivity contribution is 5.88. The molecule has 0 saturated heterocycles. The first-order valence-electron chi connectivity index (χ1n) is 5.30. The summed E-state index contributed by atoms with van der Waals surface area (Å²) in [6.45, 7) is 1.59. The molecule has 0 aliphatic heterocycles. The van der Waals surface area contributed by atoms with Crippen LogP contribution in [0.25, 0.3) is 0 Å². The number of hydrogen-bond donors (Lipinski definition) is 1. The molecule has 0 atom stereocenters. The quantitative estimate of drug-likeness (QED) is 0.847. The Hall–Kier alpha value is -1.62. The van der Waals surface area contributed by atoms with Crippen molar-refractivity contribution in [1.82, 2.24) is 4.90 Å². The Morgan fingerprint density at radius 1 is 1.29 bits per heavy atom. The minimum atomic E-state index is -1.25. The summed E-state index contributed by atoms with van der Waals surface area (Å²) in [7, 11) is 5.77. The first-order chi connectivity index (χ1) is 7.91. The Labute approximate surface area is 100 Å². The third-order valence-corrected chi connectivity index (χ3v) is 2.51. The molecule has 0 radical (unpaired) electrons. The minimum Gasteiger partial charge on any atom is -0.478 e. The van der Waals surface area contributed by atoms with Crippen LogP contribution in [0.5, 0.6) is 0 Å². The standard InChI is InChI=1S/C12H17FN2O2/c1-14(2)6-7-15(3)9-4-5-10(12(16)17)11(13)8-9/h4-5,8H,6-7H2,1-3H3,(H,16,17). The van der Waals surface area contributed by atoms with Gasteiger partial charge in [0.25, 0.3) is 0 Å². The second-order valence-corrected chi connectivity index (χ2v) is 4.19. The lowest BCUT2D eigenvalue weighted by atomic mass is 10.2. The van der Waals surface area contributed by atoms with E-state index in [1.807, 2.05) is 30.9 Å². The predicted molar refractivity (Wildman–Crippen MR) is 65.2 cm³/mol. The van der Waals surface area contributed by atoms with Gasteiger partial charge in [0.15, 0.2) is 0 Å². The summed E-state index contributed by atoms with van der Waals surface area (Å²) < 4.78 is 13.4. The van der Waals surface area contributed by atoms with Crippen molar-refractivity contribution < 1.29 is 14.3 Å². The molecule has 5 heteroatoms. The van der Waals surface area contributed by atoms with Gasteiger partial charge in [-0.2, -0.15) is 0 Å². The Balaban J connectivity index is 2.79. The molecule has 0 aliphatic rings. The molecule has 0 heterocycles. The maximum Gasteiger partial charge on any atom is 0.338 e. The van der Waals surface area contributed by atoms with Crippen molar-refractivity contribution >= 4 is 11.7 Å². The van der Waals surface area contributed by atoms with E-state index in [0.717, 1.165) is 13.1 Å². The van der Waals surface area contributed by atoms with E-state index >= 15 is 0 Å². The van der Waals surface area contributed by atoms with Crippen LogP contribution in [-0.4, -0.2) is 50.2 Å². The van der Waals surface area contributed by atoms with Crippen LogP contribution in [0.15, 0.2) is 18.2 Å². The number of likely N-dealkylation sites (N-methyl/N-ethyl adjacent to an activating group) is 2. The van der Waals surface area contributed by atoms with E-state index in [-0.39, 0.29) is 5.56 Å². The fourth-order valence-corrected chi connectivity index (χ4v) is 1.39. The second kappa shape index (κ2) is 5.63. The molecular weight excluding hydrogens is 223 g/mol. The van der Waals surface area contributed by atoms with Crippen LogP contribution in [0.1, 0.15) is 10.4 Å². The van der Waals surface area contributed by atoms with Crippen LogP contribution in [0, 0.1) is 5.82 Å². The summed E-state index contributed by atoms with van der Waals surface area (Å²) in [5, 5.41) is 8.71. The van der Waals surface area contributed by atoms with Gasteiger partial charge in [0.1, 0.15) is 5.82 Å². The lowest BCUT2D eigenvalue weighted by Crippen LogP contribution is -2.28. The van der Waals surface area contributed by atoms with E-state index in [1.54, 1.807) is 6.07 Å². The molecule has 94 valence electrons. The van der Waals surface area contributed by atoms with Gasteiger partial charge in [-0.05, 0) is 32.3 Å². The number of rotatable bonds is 5. The second-order valence-electron chi connectivity index (χ2n) is 4.19. The highest BCUT2D eigenvalue weighted by Crippen LogP contribution is 2.17. The van der Waals surface area contributed by atoms with E-state index in [0.29, 0.717) is 5.69 Å². The van der Waals surface area contributed by atoms with Gasteiger partial charge < -0.3 is 14.9 Å². The Morgan fingerprint density at radius 3 is 2.41 bits per heavy atom. The van der Waals surface area contributed by atoms with Crippen molar-refractivity contribution in [3.63, 3.8) is 0 Å². The third kappa shape index (κ3) is 3.71. The SMILES string of the molecule is CN(C)CCN(C)c1ccc(C(=O)O)c(F)c1. The number of hydrogen-bond acceptors (Lipinski definition) is 3. The topological polar surface area (TPSA) is 43.8 Å².